The van der Waals surface area contributed by atoms with Crippen LogP contribution in [0.25, 0.3) is 0 Å². The van der Waals surface area contributed by atoms with E-state index >= 15 is 0 Å². The van der Waals surface area contributed by atoms with E-state index in [0.29, 0.717) is 38.2 Å². The van der Waals surface area contributed by atoms with E-state index in [1.165, 1.54) is 12.1 Å². The van der Waals surface area contributed by atoms with Gasteiger partial charge in [0, 0.05) is 25.1 Å². The zero-order valence-corrected chi connectivity index (χ0v) is 14.7. The van der Waals surface area contributed by atoms with Crippen LogP contribution in [0.1, 0.15) is 40.0 Å². The molecule has 0 bridgehead atoms. The van der Waals surface area contributed by atoms with Gasteiger partial charge >= 0.3 is 0 Å². The van der Waals surface area contributed by atoms with Crippen molar-refractivity contribution in [3.8, 4) is 0 Å². The Balaban J connectivity index is 2.07. The molecule has 3 amide bonds. The highest BCUT2D eigenvalue weighted by molar-refractivity contribution is 6.23. The number of rotatable bonds is 12. The molecular formula is C18H21N3O6. The molecule has 0 saturated carbocycles. The van der Waals surface area contributed by atoms with Crippen molar-refractivity contribution in [1.29, 1.82) is 0 Å². The second-order valence-corrected chi connectivity index (χ2v) is 5.90. The molecule has 0 fully saturated rings. The van der Waals surface area contributed by atoms with Gasteiger partial charge in [0.15, 0.2) is 0 Å². The van der Waals surface area contributed by atoms with Crippen molar-refractivity contribution in [3.63, 3.8) is 0 Å². The lowest BCUT2D eigenvalue weighted by molar-refractivity contribution is -0.122. The minimum atomic E-state index is -1.16. The lowest BCUT2D eigenvalue weighted by Crippen LogP contribution is -2.47. The molecule has 0 spiro atoms. The Morgan fingerprint density at radius 1 is 1.11 bits per heavy atom. The third kappa shape index (κ3) is 4.76. The number of fused-ring (bicyclic) bond motifs is 1. The summed E-state index contributed by atoms with van der Waals surface area (Å²) in [6.07, 6.45) is 1.71. The maximum atomic E-state index is 12.6. The van der Waals surface area contributed by atoms with Gasteiger partial charge in [-0.3, -0.25) is 19.3 Å². The van der Waals surface area contributed by atoms with Gasteiger partial charge in [-0.25, -0.2) is 0 Å². The van der Waals surface area contributed by atoms with E-state index in [1.807, 2.05) is 0 Å². The van der Waals surface area contributed by atoms with Crippen LogP contribution in [0, 0.1) is 0 Å². The van der Waals surface area contributed by atoms with E-state index in [1.54, 1.807) is 6.07 Å². The number of ether oxygens (including phenoxy) is 1. The normalized spacial score (nSPS) is 14.0. The third-order valence-corrected chi connectivity index (χ3v) is 4.07. The standard InChI is InChI=1S/C18H21N3O6/c19-16(24)15(3-1-7-22)21-17(25)13-5-4-12(11-14(13)18(21)26)20-6-10-27-9-2-8-23/h4-5,7-8,11,15,20H,1-3,6,9-10H2,(H2,19,24). The number of nitrogens with two attached hydrogens (primary N) is 1. The number of amides is 3. The minimum Gasteiger partial charge on any atom is -0.383 e. The molecule has 27 heavy (non-hydrogen) atoms. The van der Waals surface area contributed by atoms with Crippen LogP contribution in [-0.4, -0.2) is 61.0 Å². The van der Waals surface area contributed by atoms with E-state index < -0.39 is 23.8 Å². The quantitative estimate of drug-likeness (QED) is 0.301. The van der Waals surface area contributed by atoms with Gasteiger partial charge in [-0.05, 0) is 24.6 Å². The first-order valence-corrected chi connectivity index (χ1v) is 8.51. The summed E-state index contributed by atoms with van der Waals surface area (Å²) in [5, 5.41) is 3.05. The number of hydrogen-bond donors (Lipinski definition) is 2. The molecule has 0 radical (unpaired) electrons. The highest BCUT2D eigenvalue weighted by Crippen LogP contribution is 2.28. The number of hydrogen-bond acceptors (Lipinski definition) is 7. The average Bonchev–Trinajstić information content (AvgIpc) is 2.89. The molecule has 0 saturated heterocycles. The summed E-state index contributed by atoms with van der Waals surface area (Å²) >= 11 is 0. The predicted octanol–water partition coefficient (Wildman–Crippen LogP) is 0.133. The first-order valence-electron chi connectivity index (χ1n) is 8.51. The summed E-state index contributed by atoms with van der Waals surface area (Å²) in [6, 6.07) is 3.51. The zero-order valence-electron chi connectivity index (χ0n) is 14.7. The second-order valence-electron chi connectivity index (χ2n) is 5.90. The van der Waals surface area contributed by atoms with Gasteiger partial charge < -0.3 is 25.4 Å². The zero-order chi connectivity index (χ0) is 19.8. The topological polar surface area (TPSA) is 136 Å². The highest BCUT2D eigenvalue weighted by atomic mass is 16.5. The van der Waals surface area contributed by atoms with Gasteiger partial charge in [-0.15, -0.1) is 0 Å². The van der Waals surface area contributed by atoms with Crippen LogP contribution in [0.2, 0.25) is 0 Å². The van der Waals surface area contributed by atoms with Crippen molar-refractivity contribution in [2.75, 3.05) is 25.1 Å². The smallest absolute Gasteiger partial charge is 0.262 e. The largest absolute Gasteiger partial charge is 0.383 e. The molecule has 144 valence electrons. The molecule has 1 aliphatic rings. The van der Waals surface area contributed by atoms with Crippen LogP contribution in [0.5, 0.6) is 0 Å². The first-order chi connectivity index (χ1) is 13.0. The van der Waals surface area contributed by atoms with Crippen LogP contribution < -0.4 is 11.1 Å². The molecule has 1 atom stereocenters. The first kappa shape index (κ1) is 20.2. The predicted molar refractivity (Wildman–Crippen MR) is 95.2 cm³/mol. The molecule has 3 N–H and O–H groups in total. The number of imide groups is 1. The van der Waals surface area contributed by atoms with Gasteiger partial charge in [0.2, 0.25) is 5.91 Å². The van der Waals surface area contributed by atoms with E-state index in [0.717, 1.165) is 11.2 Å². The summed E-state index contributed by atoms with van der Waals surface area (Å²) in [5.74, 6) is -2.05. The molecule has 1 aromatic rings. The number of nitrogens with zero attached hydrogens (tertiary/aromatic N) is 1. The van der Waals surface area contributed by atoms with Gasteiger partial charge in [0.1, 0.15) is 18.6 Å². The Hall–Kier alpha value is -3.07. The summed E-state index contributed by atoms with van der Waals surface area (Å²) in [7, 11) is 0. The van der Waals surface area contributed by atoms with E-state index in [9.17, 15) is 24.0 Å². The maximum Gasteiger partial charge on any atom is 0.262 e. The van der Waals surface area contributed by atoms with Gasteiger partial charge in [-0.1, -0.05) is 0 Å². The SMILES string of the molecule is NC(=O)C(CCC=O)N1C(=O)c2ccc(NCCOCCC=O)cc2C1=O. The lowest BCUT2D eigenvalue weighted by atomic mass is 10.1. The number of aldehydes is 2. The fourth-order valence-corrected chi connectivity index (χ4v) is 2.78. The Kier molecular flexibility index (Phi) is 7.18. The Bertz CT molecular complexity index is 749. The van der Waals surface area contributed by atoms with Gasteiger partial charge in [0.25, 0.3) is 11.8 Å². The molecule has 1 aromatic carbocycles. The molecule has 1 unspecified atom stereocenters. The van der Waals surface area contributed by atoms with Crippen LogP contribution in [0.3, 0.4) is 0 Å². The van der Waals surface area contributed by atoms with Crippen molar-refractivity contribution in [2.24, 2.45) is 5.73 Å². The van der Waals surface area contributed by atoms with E-state index in [-0.39, 0.29) is 24.0 Å². The molecule has 1 heterocycles. The molecule has 9 nitrogen and oxygen atoms in total. The van der Waals surface area contributed by atoms with Crippen LogP contribution >= 0.6 is 0 Å². The number of carbonyl (C=O) groups excluding carboxylic acids is 5. The number of benzene rings is 1. The van der Waals surface area contributed by atoms with E-state index in [4.69, 9.17) is 10.5 Å². The number of nitrogens with one attached hydrogen (secondary N) is 1. The van der Waals surface area contributed by atoms with Crippen molar-refractivity contribution in [3.05, 3.63) is 29.3 Å². The van der Waals surface area contributed by atoms with Crippen molar-refractivity contribution in [1.82, 2.24) is 4.90 Å². The highest BCUT2D eigenvalue weighted by Gasteiger charge is 2.42. The Morgan fingerprint density at radius 2 is 1.81 bits per heavy atom. The molecular weight excluding hydrogens is 354 g/mol. The summed E-state index contributed by atoms with van der Waals surface area (Å²) < 4.78 is 5.24. The van der Waals surface area contributed by atoms with E-state index in [2.05, 4.69) is 5.32 Å². The van der Waals surface area contributed by atoms with Crippen LogP contribution in [-0.2, 0) is 19.1 Å². The fraction of sp³-hybridized carbons (Fsp3) is 0.389. The minimum absolute atomic E-state index is 0.00641. The molecule has 2 rings (SSSR count). The average molecular weight is 375 g/mol. The number of primary amides is 1. The maximum absolute atomic E-state index is 12.6. The summed E-state index contributed by atoms with van der Waals surface area (Å²) in [6.45, 7) is 1.17. The van der Waals surface area contributed by atoms with Gasteiger partial charge in [0.05, 0.1) is 24.3 Å². The third-order valence-electron chi connectivity index (χ3n) is 4.07. The molecule has 1 aliphatic heterocycles. The lowest BCUT2D eigenvalue weighted by Gasteiger charge is -2.22. The monoisotopic (exact) mass is 375 g/mol. The van der Waals surface area contributed by atoms with Crippen molar-refractivity contribution >= 4 is 36.0 Å². The number of anilines is 1. The number of carbonyl (C=O) groups is 5. The Morgan fingerprint density at radius 3 is 2.48 bits per heavy atom. The summed E-state index contributed by atoms with van der Waals surface area (Å²) in [5.41, 5.74) is 6.28. The molecule has 0 aromatic heterocycles. The van der Waals surface area contributed by atoms with Crippen LogP contribution in [0.4, 0.5) is 5.69 Å². The molecule has 9 heteroatoms. The fourth-order valence-electron chi connectivity index (χ4n) is 2.78. The summed E-state index contributed by atoms with van der Waals surface area (Å²) in [4.78, 5) is 58.4. The Labute approximate surface area is 155 Å². The molecule has 0 aliphatic carbocycles. The van der Waals surface area contributed by atoms with Crippen molar-refractivity contribution < 1.29 is 28.7 Å². The van der Waals surface area contributed by atoms with Gasteiger partial charge in [-0.2, -0.15) is 0 Å². The van der Waals surface area contributed by atoms with Crippen molar-refractivity contribution in [2.45, 2.75) is 25.3 Å². The second kappa shape index (κ2) is 9.58. The van der Waals surface area contributed by atoms with Crippen LogP contribution in [0.15, 0.2) is 18.2 Å².